The molecule has 196 valence electrons. The minimum Gasteiger partial charge on any atom is -0.383 e. The number of nitrogens with zero attached hydrogens (tertiary/aromatic N) is 4. The van der Waals surface area contributed by atoms with E-state index in [-0.39, 0.29) is 18.6 Å². The minimum atomic E-state index is -4.72. The summed E-state index contributed by atoms with van der Waals surface area (Å²) in [6.45, 7) is 11.3. The lowest BCUT2D eigenvalue weighted by Crippen LogP contribution is -2.41. The lowest BCUT2D eigenvalue weighted by molar-refractivity contribution is -0.0613. The second-order valence-electron chi connectivity index (χ2n) is 8.44. The Labute approximate surface area is 210 Å². The monoisotopic (exact) mass is 504 g/mol. The molecule has 2 aromatic rings. The fourth-order valence-corrected chi connectivity index (χ4v) is 3.59. The molecule has 2 unspecified atom stereocenters. The fourth-order valence-electron chi connectivity index (χ4n) is 3.59. The second-order valence-corrected chi connectivity index (χ2v) is 8.44. The van der Waals surface area contributed by atoms with E-state index in [1.165, 1.54) is 0 Å². The zero-order chi connectivity index (χ0) is 26.7. The van der Waals surface area contributed by atoms with Crippen LogP contribution in [0, 0.1) is 0 Å². The van der Waals surface area contributed by atoms with Crippen LogP contribution in [0.15, 0.2) is 84.5 Å². The highest BCUT2D eigenvalue weighted by atomic mass is 19.4. The van der Waals surface area contributed by atoms with Crippen LogP contribution in [0.4, 0.5) is 13.2 Å². The third-order valence-electron chi connectivity index (χ3n) is 5.50. The third kappa shape index (κ3) is 9.23. The van der Waals surface area contributed by atoms with Crippen LogP contribution in [0.3, 0.4) is 0 Å². The number of alkyl halides is 3. The number of nitrogens with two attached hydrogens (primary N) is 3. The zero-order valence-electron chi connectivity index (χ0n) is 20.5. The highest BCUT2D eigenvalue weighted by Crippen LogP contribution is 2.26. The summed E-state index contributed by atoms with van der Waals surface area (Å²) in [6, 6.07) is 13.9. The van der Waals surface area contributed by atoms with Crippen LogP contribution in [0.5, 0.6) is 0 Å². The molecular weight excluding hydrogens is 469 g/mol. The Morgan fingerprint density at radius 3 is 2.50 bits per heavy atom. The smallest absolute Gasteiger partial charge is 0.383 e. The van der Waals surface area contributed by atoms with E-state index in [1.807, 2.05) is 54.3 Å². The lowest BCUT2D eigenvalue weighted by atomic mass is 10.1. The van der Waals surface area contributed by atoms with E-state index in [0.717, 1.165) is 36.2 Å². The number of nitrogens with one attached hydrogen (secondary N) is 1. The molecule has 3 rings (SSSR count). The molecule has 36 heavy (non-hydrogen) atoms. The molecule has 1 fully saturated rings. The largest absolute Gasteiger partial charge is 0.450 e. The van der Waals surface area contributed by atoms with Crippen LogP contribution >= 0.6 is 0 Å². The van der Waals surface area contributed by atoms with Gasteiger partial charge in [0.25, 0.3) is 0 Å². The van der Waals surface area contributed by atoms with Gasteiger partial charge < -0.3 is 21.7 Å². The number of benzene rings is 1. The SMILES string of the molecule is C=C(NCc1ccccc1)C1CCCN1C(=C)CN(N)/N=C(\N)C(F)(F)F.CC(N)c1cccnc1. The highest BCUT2D eigenvalue weighted by molar-refractivity contribution is 5.85. The van der Waals surface area contributed by atoms with Crippen LogP contribution < -0.4 is 22.6 Å². The van der Waals surface area contributed by atoms with Gasteiger partial charge in [-0.05, 0) is 37.0 Å². The van der Waals surface area contributed by atoms with Crippen molar-refractivity contribution in [2.75, 3.05) is 13.1 Å². The molecule has 8 nitrogen and oxygen atoms in total. The molecule has 0 spiro atoms. The van der Waals surface area contributed by atoms with Crippen molar-refractivity contribution in [3.63, 3.8) is 0 Å². The number of likely N-dealkylation sites (tertiary alicyclic amines) is 1. The summed E-state index contributed by atoms with van der Waals surface area (Å²) in [5.41, 5.74) is 14.1. The van der Waals surface area contributed by atoms with Crippen molar-refractivity contribution in [3.8, 4) is 0 Å². The topological polar surface area (TPSA) is 122 Å². The average Bonchev–Trinajstić information content (AvgIpc) is 3.34. The van der Waals surface area contributed by atoms with Crippen LogP contribution in [-0.4, -0.2) is 46.1 Å². The van der Waals surface area contributed by atoms with E-state index in [2.05, 4.69) is 28.6 Å². The van der Waals surface area contributed by atoms with Gasteiger partial charge in [-0.3, -0.25) is 4.98 Å². The summed E-state index contributed by atoms with van der Waals surface area (Å²) in [5.74, 6) is 4.04. The Morgan fingerprint density at radius 2 is 1.94 bits per heavy atom. The highest BCUT2D eigenvalue weighted by Gasteiger charge is 2.34. The molecule has 1 aliphatic heterocycles. The molecule has 11 heteroatoms. The molecule has 2 heterocycles. The molecule has 0 radical (unpaired) electrons. The number of hydrogen-bond donors (Lipinski definition) is 4. The van der Waals surface area contributed by atoms with Crippen LogP contribution in [-0.2, 0) is 6.54 Å². The molecule has 0 aliphatic carbocycles. The first-order valence-corrected chi connectivity index (χ1v) is 11.5. The van der Waals surface area contributed by atoms with Crippen molar-refractivity contribution in [2.24, 2.45) is 22.4 Å². The quantitative estimate of drug-likeness (QED) is 0.179. The molecule has 7 N–H and O–H groups in total. The number of aromatic nitrogens is 1. The van der Waals surface area contributed by atoms with Gasteiger partial charge in [0.2, 0.25) is 5.84 Å². The van der Waals surface area contributed by atoms with E-state index in [0.29, 0.717) is 17.4 Å². The number of amidine groups is 1. The van der Waals surface area contributed by atoms with Gasteiger partial charge in [0, 0.05) is 42.9 Å². The number of hydrazine groups is 1. The summed E-state index contributed by atoms with van der Waals surface area (Å²) < 4.78 is 37.3. The Kier molecular flexibility index (Phi) is 10.8. The van der Waals surface area contributed by atoms with Gasteiger partial charge in [0.05, 0.1) is 12.6 Å². The Hall–Kier alpha value is -3.57. The lowest BCUT2D eigenvalue weighted by Gasteiger charge is -2.31. The Balaban J connectivity index is 0.000000425. The maximum absolute atomic E-state index is 12.4. The number of halogens is 3. The Bertz CT molecular complexity index is 993. The van der Waals surface area contributed by atoms with E-state index in [1.54, 1.807) is 12.4 Å². The van der Waals surface area contributed by atoms with Gasteiger partial charge in [0.15, 0.2) is 0 Å². The van der Waals surface area contributed by atoms with Gasteiger partial charge in [-0.25, -0.2) is 11.0 Å². The molecule has 2 atom stereocenters. The Morgan fingerprint density at radius 1 is 1.25 bits per heavy atom. The van der Waals surface area contributed by atoms with Crippen molar-refractivity contribution in [3.05, 3.63) is 90.5 Å². The molecule has 0 saturated carbocycles. The fraction of sp³-hybridized carbons (Fsp3) is 0.360. The molecule has 1 aromatic carbocycles. The van der Waals surface area contributed by atoms with Gasteiger partial charge in [-0.15, -0.1) is 5.10 Å². The number of rotatable bonds is 9. The molecule has 0 amide bonds. The summed E-state index contributed by atoms with van der Waals surface area (Å²) in [6.07, 6.45) is 0.605. The van der Waals surface area contributed by atoms with Crippen molar-refractivity contribution in [2.45, 2.75) is 44.6 Å². The third-order valence-corrected chi connectivity index (χ3v) is 5.50. The van der Waals surface area contributed by atoms with E-state index in [4.69, 9.17) is 17.3 Å². The summed E-state index contributed by atoms with van der Waals surface area (Å²) in [4.78, 5) is 5.91. The van der Waals surface area contributed by atoms with Crippen LogP contribution in [0.1, 0.15) is 36.9 Å². The first-order chi connectivity index (χ1) is 17.0. The van der Waals surface area contributed by atoms with E-state index < -0.39 is 12.0 Å². The maximum Gasteiger partial charge on any atom is 0.450 e. The molecule has 1 saturated heterocycles. The maximum atomic E-state index is 12.4. The van der Waals surface area contributed by atoms with E-state index in [9.17, 15) is 13.2 Å². The van der Waals surface area contributed by atoms with Gasteiger partial charge in [-0.2, -0.15) is 13.2 Å². The van der Waals surface area contributed by atoms with Crippen LogP contribution in [0.2, 0.25) is 0 Å². The van der Waals surface area contributed by atoms with E-state index >= 15 is 0 Å². The van der Waals surface area contributed by atoms with Gasteiger partial charge in [0.1, 0.15) is 0 Å². The number of hydrogen-bond acceptors (Lipinski definition) is 7. The van der Waals surface area contributed by atoms with Crippen molar-refractivity contribution in [1.29, 1.82) is 0 Å². The predicted molar refractivity (Wildman–Crippen MR) is 137 cm³/mol. The van der Waals surface area contributed by atoms with Crippen molar-refractivity contribution < 1.29 is 13.2 Å². The average molecular weight is 505 g/mol. The summed E-state index contributed by atoms with van der Waals surface area (Å²) in [7, 11) is 0. The summed E-state index contributed by atoms with van der Waals surface area (Å²) in [5, 5.41) is 7.13. The number of pyridine rings is 1. The second kappa shape index (κ2) is 13.5. The first-order valence-electron chi connectivity index (χ1n) is 11.5. The number of hydrazone groups is 1. The molecular formula is C25H35F3N8. The zero-order valence-corrected chi connectivity index (χ0v) is 20.5. The molecule has 0 bridgehead atoms. The molecule has 1 aliphatic rings. The first kappa shape index (κ1) is 28.7. The standard InChI is InChI=1S/C18H25F3N6.C7H10N2/c1-13(12-27(23)25-17(22)18(19,20)21)26-10-6-9-16(26)14(2)24-11-15-7-4-3-5-8-15;1-6(8)7-3-2-4-9-5-7/h3-5,7-8,16,24H,1-2,6,9-12,23H2,(H2,22,25);2-6H,8H2,1H3. The normalized spacial score (nSPS) is 16.6. The van der Waals surface area contributed by atoms with Gasteiger partial charge >= 0.3 is 6.18 Å². The molecule has 1 aromatic heterocycles. The van der Waals surface area contributed by atoms with Crippen LogP contribution in [0.25, 0.3) is 0 Å². The van der Waals surface area contributed by atoms with Crippen molar-refractivity contribution in [1.82, 2.24) is 20.3 Å². The predicted octanol–water partition coefficient (Wildman–Crippen LogP) is 3.38. The van der Waals surface area contributed by atoms with Crippen molar-refractivity contribution >= 4 is 5.84 Å². The van der Waals surface area contributed by atoms with Gasteiger partial charge in [-0.1, -0.05) is 49.6 Å². The summed E-state index contributed by atoms with van der Waals surface area (Å²) >= 11 is 0. The minimum absolute atomic E-state index is 0.00134.